The number of carboxylic acids is 1. The fourth-order valence-corrected chi connectivity index (χ4v) is 1.72. The quantitative estimate of drug-likeness (QED) is 0.589. The molecule has 1 aliphatic heterocycles. The van der Waals surface area contributed by atoms with Crippen LogP contribution in [-0.2, 0) is 4.79 Å². The van der Waals surface area contributed by atoms with Crippen molar-refractivity contribution in [1.29, 1.82) is 0 Å². The Morgan fingerprint density at radius 2 is 1.76 bits per heavy atom. The van der Waals surface area contributed by atoms with E-state index < -0.39 is 24.2 Å². The molecule has 7 heteroatoms. The second-order valence-electron chi connectivity index (χ2n) is 4.44. The molecule has 7 nitrogen and oxygen atoms in total. The predicted octanol–water partition coefficient (Wildman–Crippen LogP) is -1.06. The minimum atomic E-state index is -1.09. The van der Waals surface area contributed by atoms with Crippen molar-refractivity contribution in [2.45, 2.75) is 32.1 Å². The molecule has 98 valence electrons. The summed E-state index contributed by atoms with van der Waals surface area (Å²) in [4.78, 5) is 25.1. The zero-order valence-electron chi connectivity index (χ0n) is 9.91. The lowest BCUT2D eigenvalue weighted by Crippen LogP contribution is -2.48. The molecule has 17 heavy (non-hydrogen) atoms. The van der Waals surface area contributed by atoms with Gasteiger partial charge in [-0.15, -0.1) is 0 Å². The summed E-state index contributed by atoms with van der Waals surface area (Å²) in [5, 5.41) is 27.4. The van der Waals surface area contributed by atoms with E-state index in [0.717, 1.165) is 0 Å². The van der Waals surface area contributed by atoms with E-state index in [1.165, 1.54) is 9.80 Å². The first-order chi connectivity index (χ1) is 7.82. The van der Waals surface area contributed by atoms with Crippen molar-refractivity contribution in [1.82, 2.24) is 9.80 Å². The maximum Gasteiger partial charge on any atom is 0.323 e. The number of carboxylic acid groups (broad SMARTS) is 1. The van der Waals surface area contributed by atoms with E-state index in [-0.39, 0.29) is 25.7 Å². The summed E-state index contributed by atoms with van der Waals surface area (Å²) in [5.41, 5.74) is 0. The van der Waals surface area contributed by atoms with Gasteiger partial charge in [0.1, 0.15) is 6.54 Å². The zero-order chi connectivity index (χ0) is 13.2. The molecule has 1 saturated heterocycles. The number of urea groups is 1. The molecule has 2 unspecified atom stereocenters. The van der Waals surface area contributed by atoms with Crippen LogP contribution in [0.5, 0.6) is 0 Å². The summed E-state index contributed by atoms with van der Waals surface area (Å²) < 4.78 is 0. The van der Waals surface area contributed by atoms with Gasteiger partial charge >= 0.3 is 12.0 Å². The van der Waals surface area contributed by atoms with E-state index in [1.807, 2.05) is 0 Å². The number of rotatable bonds is 3. The maximum atomic E-state index is 12.0. The second kappa shape index (κ2) is 5.33. The Bertz CT molecular complexity index is 297. The molecule has 0 aromatic rings. The standard InChI is InChI=1S/C10H18N2O5/c1-6(2)12(5-9(15)16)10(17)11-3-7(13)8(14)4-11/h6-8,13-14H,3-5H2,1-2H3,(H,15,16). The number of nitrogens with zero attached hydrogens (tertiary/aromatic N) is 2. The van der Waals surface area contributed by atoms with Crippen LogP contribution < -0.4 is 0 Å². The van der Waals surface area contributed by atoms with Gasteiger partial charge < -0.3 is 25.1 Å². The van der Waals surface area contributed by atoms with E-state index in [9.17, 15) is 19.8 Å². The molecular weight excluding hydrogens is 228 g/mol. The fraction of sp³-hybridized carbons (Fsp3) is 0.800. The van der Waals surface area contributed by atoms with Crippen LogP contribution in [0.15, 0.2) is 0 Å². The first kappa shape index (κ1) is 13.7. The summed E-state index contributed by atoms with van der Waals surface area (Å²) in [6, 6.07) is -0.730. The summed E-state index contributed by atoms with van der Waals surface area (Å²) >= 11 is 0. The number of carbonyl (C=O) groups excluding carboxylic acids is 1. The van der Waals surface area contributed by atoms with Crippen molar-refractivity contribution < 1.29 is 24.9 Å². The smallest absolute Gasteiger partial charge is 0.323 e. The van der Waals surface area contributed by atoms with Crippen LogP contribution in [0.25, 0.3) is 0 Å². The van der Waals surface area contributed by atoms with E-state index in [4.69, 9.17) is 5.11 Å². The Labute approximate surface area is 99.2 Å². The first-order valence-electron chi connectivity index (χ1n) is 5.46. The fourth-order valence-electron chi connectivity index (χ4n) is 1.72. The third-order valence-corrected chi connectivity index (χ3v) is 2.70. The Hall–Kier alpha value is -1.34. The van der Waals surface area contributed by atoms with Gasteiger partial charge in [0.05, 0.1) is 25.3 Å². The van der Waals surface area contributed by atoms with Crippen molar-refractivity contribution in [3.05, 3.63) is 0 Å². The van der Waals surface area contributed by atoms with Crippen molar-refractivity contribution in [3.63, 3.8) is 0 Å². The van der Waals surface area contributed by atoms with Gasteiger partial charge in [-0.05, 0) is 13.8 Å². The average molecular weight is 246 g/mol. The number of hydrogen-bond acceptors (Lipinski definition) is 4. The highest BCUT2D eigenvalue weighted by Crippen LogP contribution is 2.14. The van der Waals surface area contributed by atoms with Gasteiger partial charge in [0.15, 0.2) is 0 Å². The topological polar surface area (TPSA) is 101 Å². The normalized spacial score (nSPS) is 24.2. The molecule has 0 aromatic heterocycles. The van der Waals surface area contributed by atoms with Crippen LogP contribution >= 0.6 is 0 Å². The summed E-state index contributed by atoms with van der Waals surface area (Å²) in [7, 11) is 0. The zero-order valence-corrected chi connectivity index (χ0v) is 9.91. The second-order valence-corrected chi connectivity index (χ2v) is 4.44. The van der Waals surface area contributed by atoms with Gasteiger partial charge in [0.2, 0.25) is 0 Å². The number of carbonyl (C=O) groups is 2. The van der Waals surface area contributed by atoms with Crippen molar-refractivity contribution in [2.75, 3.05) is 19.6 Å². The van der Waals surface area contributed by atoms with Gasteiger partial charge in [-0.2, -0.15) is 0 Å². The molecule has 1 heterocycles. The Morgan fingerprint density at radius 3 is 2.12 bits per heavy atom. The minimum Gasteiger partial charge on any atom is -0.480 e. The lowest BCUT2D eigenvalue weighted by atomic mass is 10.3. The lowest BCUT2D eigenvalue weighted by molar-refractivity contribution is -0.138. The van der Waals surface area contributed by atoms with E-state index >= 15 is 0 Å². The predicted molar refractivity (Wildman–Crippen MR) is 58.5 cm³/mol. The Morgan fingerprint density at radius 1 is 1.29 bits per heavy atom. The molecule has 0 aromatic carbocycles. The Kier molecular flexibility index (Phi) is 4.30. The number of aliphatic hydroxyl groups is 2. The molecule has 0 bridgehead atoms. The molecule has 1 rings (SSSR count). The monoisotopic (exact) mass is 246 g/mol. The van der Waals surface area contributed by atoms with Gasteiger partial charge in [0, 0.05) is 6.04 Å². The maximum absolute atomic E-state index is 12.0. The van der Waals surface area contributed by atoms with Crippen LogP contribution in [0.4, 0.5) is 4.79 Å². The largest absolute Gasteiger partial charge is 0.480 e. The third kappa shape index (κ3) is 3.31. The lowest BCUT2D eigenvalue weighted by Gasteiger charge is -2.29. The minimum absolute atomic E-state index is 0.0306. The van der Waals surface area contributed by atoms with Gasteiger partial charge in [-0.25, -0.2) is 4.79 Å². The van der Waals surface area contributed by atoms with Crippen molar-refractivity contribution in [3.8, 4) is 0 Å². The highest BCUT2D eigenvalue weighted by Gasteiger charge is 2.35. The van der Waals surface area contributed by atoms with Crippen molar-refractivity contribution >= 4 is 12.0 Å². The summed E-state index contributed by atoms with van der Waals surface area (Å²) in [6.07, 6.45) is -1.92. The van der Waals surface area contributed by atoms with Crippen LogP contribution in [0.3, 0.4) is 0 Å². The number of amides is 2. The summed E-state index contributed by atoms with van der Waals surface area (Å²) in [5.74, 6) is -1.09. The molecule has 0 radical (unpaired) electrons. The molecule has 1 aliphatic rings. The van der Waals surface area contributed by atoms with Crippen LogP contribution in [0, 0.1) is 0 Å². The van der Waals surface area contributed by atoms with Gasteiger partial charge in [0.25, 0.3) is 0 Å². The van der Waals surface area contributed by atoms with Gasteiger partial charge in [-0.1, -0.05) is 0 Å². The van der Waals surface area contributed by atoms with E-state index in [2.05, 4.69) is 0 Å². The highest BCUT2D eigenvalue weighted by molar-refractivity contribution is 5.80. The molecule has 1 fully saturated rings. The highest BCUT2D eigenvalue weighted by atomic mass is 16.4. The van der Waals surface area contributed by atoms with Crippen LogP contribution in [0.2, 0.25) is 0 Å². The first-order valence-corrected chi connectivity index (χ1v) is 5.46. The third-order valence-electron chi connectivity index (χ3n) is 2.70. The summed E-state index contributed by atoms with van der Waals surface area (Å²) in [6.45, 7) is 3.10. The molecule has 0 saturated carbocycles. The van der Waals surface area contributed by atoms with Gasteiger partial charge in [-0.3, -0.25) is 4.79 Å². The van der Waals surface area contributed by atoms with Crippen LogP contribution in [0.1, 0.15) is 13.8 Å². The van der Waals surface area contributed by atoms with E-state index in [1.54, 1.807) is 13.8 Å². The molecule has 3 N–H and O–H groups in total. The van der Waals surface area contributed by atoms with Crippen molar-refractivity contribution in [2.24, 2.45) is 0 Å². The molecular formula is C10H18N2O5. The number of hydrogen-bond donors (Lipinski definition) is 3. The number of aliphatic carboxylic acids is 1. The van der Waals surface area contributed by atoms with Crippen LogP contribution in [-0.4, -0.2) is 75.0 Å². The molecule has 2 atom stereocenters. The molecule has 2 amide bonds. The molecule has 0 aliphatic carbocycles. The molecule has 0 spiro atoms. The Balaban J connectivity index is 2.69. The SMILES string of the molecule is CC(C)N(CC(=O)O)C(=O)N1CC(O)C(O)C1. The number of aliphatic hydroxyl groups excluding tert-OH is 2. The average Bonchev–Trinajstić information content (AvgIpc) is 2.54. The van der Waals surface area contributed by atoms with E-state index in [0.29, 0.717) is 0 Å². The number of likely N-dealkylation sites (tertiary alicyclic amines) is 1. The number of β-amino-alcohol motifs (C(OH)–C–C–N with tert-alkyl or cyclic N) is 2.